The van der Waals surface area contributed by atoms with Gasteiger partial charge in [0.25, 0.3) is 0 Å². The maximum Gasteiger partial charge on any atom is 0.147 e. The topological polar surface area (TPSA) is 34.0 Å². The first kappa shape index (κ1) is 15.2. The number of hydrogen-bond acceptors (Lipinski definition) is 3. The molecule has 2 heterocycles. The number of hydrogen-bond donors (Lipinski definition) is 0. The molecule has 1 atom stereocenters. The van der Waals surface area contributed by atoms with Crippen LogP contribution < -0.4 is 0 Å². The normalized spacial score (nSPS) is 18.9. The Kier molecular flexibility index (Phi) is 4.88. The van der Waals surface area contributed by atoms with Crippen molar-refractivity contribution < 1.29 is 0 Å². The third-order valence-corrected chi connectivity index (χ3v) is 4.60. The lowest BCUT2D eigenvalue weighted by Crippen LogP contribution is -2.34. The molecule has 1 aliphatic heterocycles. The lowest BCUT2D eigenvalue weighted by atomic mass is 10.1. The third-order valence-electron chi connectivity index (χ3n) is 4.60. The molecule has 0 spiro atoms. The first-order valence-electron chi connectivity index (χ1n) is 8.38. The molecule has 1 saturated heterocycles. The van der Waals surface area contributed by atoms with Gasteiger partial charge in [-0.1, -0.05) is 30.3 Å². The number of aromatic nitrogens is 3. The van der Waals surface area contributed by atoms with E-state index >= 15 is 0 Å². The van der Waals surface area contributed by atoms with E-state index in [9.17, 15) is 0 Å². The third kappa shape index (κ3) is 3.74. The van der Waals surface area contributed by atoms with Crippen LogP contribution in [0.1, 0.15) is 36.5 Å². The smallest absolute Gasteiger partial charge is 0.147 e. The Morgan fingerprint density at radius 3 is 2.73 bits per heavy atom. The van der Waals surface area contributed by atoms with E-state index in [-0.39, 0.29) is 0 Å². The predicted molar refractivity (Wildman–Crippen MR) is 88.9 cm³/mol. The summed E-state index contributed by atoms with van der Waals surface area (Å²) in [5, 5.41) is 4.51. The van der Waals surface area contributed by atoms with E-state index < -0.39 is 0 Å². The summed E-state index contributed by atoms with van der Waals surface area (Å²) in [6.07, 6.45) is 4.99. The van der Waals surface area contributed by atoms with Crippen LogP contribution in [0.2, 0.25) is 0 Å². The molecule has 22 heavy (non-hydrogen) atoms. The second-order valence-electron chi connectivity index (χ2n) is 6.31. The van der Waals surface area contributed by atoms with Crippen LogP contribution in [0.4, 0.5) is 0 Å². The summed E-state index contributed by atoms with van der Waals surface area (Å²) in [5.74, 6) is 1.92. The van der Waals surface area contributed by atoms with Crippen LogP contribution in [0.5, 0.6) is 0 Å². The first-order chi connectivity index (χ1) is 10.7. The Hall–Kier alpha value is -1.68. The molecule has 0 saturated carbocycles. The van der Waals surface area contributed by atoms with Crippen molar-refractivity contribution in [3.05, 3.63) is 47.5 Å². The van der Waals surface area contributed by atoms with Gasteiger partial charge in [-0.15, -0.1) is 0 Å². The fourth-order valence-corrected chi connectivity index (χ4v) is 3.46. The number of nitrogens with zero attached hydrogens (tertiary/aromatic N) is 4. The van der Waals surface area contributed by atoms with Gasteiger partial charge >= 0.3 is 0 Å². The van der Waals surface area contributed by atoms with Gasteiger partial charge in [0.15, 0.2) is 0 Å². The molecule has 0 radical (unpaired) electrons. The maximum absolute atomic E-state index is 4.51. The minimum Gasteiger partial charge on any atom is -0.299 e. The molecule has 0 bridgehead atoms. The highest BCUT2D eigenvalue weighted by atomic mass is 15.4. The molecule has 1 aromatic carbocycles. The summed E-state index contributed by atoms with van der Waals surface area (Å²) in [7, 11) is 0. The van der Waals surface area contributed by atoms with E-state index in [1.165, 1.54) is 44.3 Å². The summed E-state index contributed by atoms with van der Waals surface area (Å²) in [6, 6.07) is 11.4. The first-order valence-corrected chi connectivity index (χ1v) is 8.38. The van der Waals surface area contributed by atoms with Crippen LogP contribution in [-0.4, -0.2) is 38.8 Å². The van der Waals surface area contributed by atoms with Gasteiger partial charge in [0.2, 0.25) is 0 Å². The molecule has 4 heteroatoms. The van der Waals surface area contributed by atoms with E-state index in [2.05, 4.69) is 56.9 Å². The molecule has 0 amide bonds. The molecule has 3 rings (SSSR count). The molecule has 0 N–H and O–H groups in total. The van der Waals surface area contributed by atoms with Crippen LogP contribution >= 0.6 is 0 Å². The second-order valence-corrected chi connectivity index (χ2v) is 6.31. The van der Waals surface area contributed by atoms with Crippen molar-refractivity contribution >= 4 is 0 Å². The lowest BCUT2D eigenvalue weighted by molar-refractivity contribution is 0.223. The van der Waals surface area contributed by atoms with Crippen molar-refractivity contribution in [2.45, 2.75) is 52.1 Å². The van der Waals surface area contributed by atoms with E-state index in [1.54, 1.807) is 0 Å². The van der Waals surface area contributed by atoms with Crippen LogP contribution in [0.25, 0.3) is 0 Å². The molecule has 0 aliphatic carbocycles. The molecular weight excluding hydrogens is 272 g/mol. The Balaban J connectivity index is 1.51. The lowest BCUT2D eigenvalue weighted by Gasteiger charge is -2.24. The Bertz CT molecular complexity index is 590. The largest absolute Gasteiger partial charge is 0.299 e. The van der Waals surface area contributed by atoms with Crippen molar-refractivity contribution in [2.75, 3.05) is 13.1 Å². The summed E-state index contributed by atoms with van der Waals surface area (Å²) in [5.41, 5.74) is 1.45. The molecule has 1 aliphatic rings. The minimum absolute atomic E-state index is 0.621. The predicted octanol–water partition coefficient (Wildman–Crippen LogP) is 2.99. The van der Waals surface area contributed by atoms with Gasteiger partial charge < -0.3 is 0 Å². The van der Waals surface area contributed by atoms with Crippen molar-refractivity contribution in [1.82, 2.24) is 19.7 Å². The van der Waals surface area contributed by atoms with Crippen LogP contribution in [0, 0.1) is 13.8 Å². The fourth-order valence-electron chi connectivity index (χ4n) is 3.46. The molecule has 1 fully saturated rings. The quantitative estimate of drug-likeness (QED) is 0.822. The van der Waals surface area contributed by atoms with Gasteiger partial charge in [-0.3, -0.25) is 4.90 Å². The Labute approximate surface area is 133 Å². The van der Waals surface area contributed by atoms with Gasteiger partial charge in [0.1, 0.15) is 11.6 Å². The summed E-state index contributed by atoms with van der Waals surface area (Å²) in [4.78, 5) is 7.05. The average molecular weight is 298 g/mol. The van der Waals surface area contributed by atoms with Crippen molar-refractivity contribution in [1.29, 1.82) is 0 Å². The fraction of sp³-hybridized carbons (Fsp3) is 0.556. The number of rotatable bonds is 6. The number of aryl methyl sites for hydroxylation is 3. The SMILES string of the molecule is Cc1nc(C)n(CC2CCCN2CCCc2ccccc2)n1. The van der Waals surface area contributed by atoms with Crippen molar-refractivity contribution in [2.24, 2.45) is 0 Å². The van der Waals surface area contributed by atoms with Gasteiger partial charge in [-0.05, 0) is 58.2 Å². The van der Waals surface area contributed by atoms with Gasteiger partial charge in [0.05, 0.1) is 6.54 Å². The Morgan fingerprint density at radius 1 is 1.18 bits per heavy atom. The molecular formula is C18H26N4. The summed E-state index contributed by atoms with van der Waals surface area (Å²) in [6.45, 7) is 7.42. The van der Waals surface area contributed by atoms with Crippen LogP contribution in [0.3, 0.4) is 0 Å². The van der Waals surface area contributed by atoms with E-state index in [4.69, 9.17) is 0 Å². The minimum atomic E-state index is 0.621. The highest BCUT2D eigenvalue weighted by molar-refractivity contribution is 5.14. The average Bonchev–Trinajstić information content (AvgIpc) is 3.07. The molecule has 2 aromatic rings. The van der Waals surface area contributed by atoms with E-state index in [1.807, 2.05) is 6.92 Å². The van der Waals surface area contributed by atoms with Gasteiger partial charge in [-0.2, -0.15) is 5.10 Å². The van der Waals surface area contributed by atoms with E-state index in [0.29, 0.717) is 6.04 Å². The zero-order valence-corrected chi connectivity index (χ0v) is 13.7. The monoisotopic (exact) mass is 298 g/mol. The molecule has 1 aromatic heterocycles. The van der Waals surface area contributed by atoms with Crippen LogP contribution in [-0.2, 0) is 13.0 Å². The second kappa shape index (κ2) is 7.05. The zero-order valence-electron chi connectivity index (χ0n) is 13.7. The summed E-state index contributed by atoms with van der Waals surface area (Å²) < 4.78 is 2.08. The van der Waals surface area contributed by atoms with Gasteiger partial charge in [-0.25, -0.2) is 9.67 Å². The number of benzene rings is 1. The summed E-state index contributed by atoms with van der Waals surface area (Å²) >= 11 is 0. The van der Waals surface area contributed by atoms with Crippen molar-refractivity contribution in [3.8, 4) is 0 Å². The zero-order chi connectivity index (χ0) is 15.4. The Morgan fingerprint density at radius 2 is 2.00 bits per heavy atom. The highest BCUT2D eigenvalue weighted by Crippen LogP contribution is 2.20. The molecule has 4 nitrogen and oxygen atoms in total. The van der Waals surface area contributed by atoms with Crippen LogP contribution in [0.15, 0.2) is 30.3 Å². The highest BCUT2D eigenvalue weighted by Gasteiger charge is 2.25. The molecule has 1 unspecified atom stereocenters. The molecule has 118 valence electrons. The van der Waals surface area contributed by atoms with Gasteiger partial charge in [0, 0.05) is 6.04 Å². The number of likely N-dealkylation sites (tertiary alicyclic amines) is 1. The maximum atomic E-state index is 4.51. The van der Waals surface area contributed by atoms with E-state index in [0.717, 1.165) is 18.2 Å². The van der Waals surface area contributed by atoms with Crippen molar-refractivity contribution in [3.63, 3.8) is 0 Å². The standard InChI is InChI=1S/C18H26N4/c1-15-19-16(2)22(20-15)14-18-11-7-13-21(18)12-6-10-17-8-4-3-5-9-17/h3-5,8-9,18H,6-7,10-14H2,1-2H3.